The maximum atomic E-state index is 12.4. The van der Waals surface area contributed by atoms with Crippen molar-refractivity contribution in [1.29, 1.82) is 0 Å². The average molecular weight is 247 g/mol. The minimum Gasteiger partial charge on any atom is -0.360 e. The molecular formula is C10H18NO4P. The van der Waals surface area contributed by atoms with Gasteiger partial charge in [-0.1, -0.05) is 5.16 Å². The van der Waals surface area contributed by atoms with Crippen LogP contribution in [-0.4, -0.2) is 18.4 Å². The van der Waals surface area contributed by atoms with Gasteiger partial charge < -0.3 is 13.6 Å². The highest BCUT2D eigenvalue weighted by Gasteiger charge is 2.35. The predicted molar refractivity (Wildman–Crippen MR) is 60.5 cm³/mol. The van der Waals surface area contributed by atoms with E-state index in [1.54, 1.807) is 26.8 Å². The van der Waals surface area contributed by atoms with Crippen molar-refractivity contribution in [2.75, 3.05) is 13.2 Å². The first-order chi connectivity index (χ1) is 7.53. The fourth-order valence-electron chi connectivity index (χ4n) is 1.36. The van der Waals surface area contributed by atoms with Crippen molar-refractivity contribution >= 4 is 7.60 Å². The summed E-state index contributed by atoms with van der Waals surface area (Å²) >= 11 is 0. The number of aromatic nitrogens is 1. The van der Waals surface area contributed by atoms with Crippen molar-refractivity contribution in [3.8, 4) is 0 Å². The summed E-state index contributed by atoms with van der Waals surface area (Å²) in [5.41, 5.74) is 0.315. The summed E-state index contributed by atoms with van der Waals surface area (Å²) < 4.78 is 28.0. The molecule has 0 aliphatic heterocycles. The predicted octanol–water partition coefficient (Wildman–Crippen LogP) is 3.31. The Morgan fingerprint density at radius 3 is 2.38 bits per heavy atom. The van der Waals surface area contributed by atoms with Crippen LogP contribution in [0.15, 0.2) is 10.6 Å². The van der Waals surface area contributed by atoms with Crippen LogP contribution < -0.4 is 0 Å². The number of hydrogen-bond acceptors (Lipinski definition) is 5. The smallest absolute Gasteiger partial charge is 0.341 e. The van der Waals surface area contributed by atoms with Gasteiger partial charge in [-0.05, 0) is 27.7 Å². The first-order valence-corrected chi connectivity index (χ1v) is 6.96. The largest absolute Gasteiger partial charge is 0.360 e. The molecule has 1 unspecified atom stereocenters. The molecule has 16 heavy (non-hydrogen) atoms. The van der Waals surface area contributed by atoms with Crippen molar-refractivity contribution in [2.45, 2.75) is 33.4 Å². The lowest BCUT2D eigenvalue weighted by molar-refractivity contribution is 0.209. The second-order valence-electron chi connectivity index (χ2n) is 3.42. The van der Waals surface area contributed by atoms with E-state index in [0.717, 1.165) is 5.69 Å². The Balaban J connectivity index is 2.90. The van der Waals surface area contributed by atoms with E-state index in [1.165, 1.54) is 0 Å². The van der Waals surface area contributed by atoms with Gasteiger partial charge in [-0.15, -0.1) is 0 Å². The fraction of sp³-hybridized carbons (Fsp3) is 0.700. The van der Waals surface area contributed by atoms with Crippen LogP contribution in [-0.2, 0) is 13.6 Å². The summed E-state index contributed by atoms with van der Waals surface area (Å²) in [6.45, 7) is 7.82. The first-order valence-electron chi connectivity index (χ1n) is 5.35. The van der Waals surface area contributed by atoms with E-state index < -0.39 is 13.3 Å². The fourth-order valence-corrected chi connectivity index (χ4v) is 3.03. The summed E-state index contributed by atoms with van der Waals surface area (Å²) in [4.78, 5) is 0. The zero-order chi connectivity index (χ0) is 12.2. The van der Waals surface area contributed by atoms with E-state index in [0.29, 0.717) is 19.0 Å². The van der Waals surface area contributed by atoms with Gasteiger partial charge in [-0.25, -0.2) is 0 Å². The number of rotatable bonds is 6. The Hall–Kier alpha value is -0.640. The average Bonchev–Trinajstić information content (AvgIpc) is 2.64. The van der Waals surface area contributed by atoms with Crippen LogP contribution in [0.1, 0.15) is 37.9 Å². The highest BCUT2D eigenvalue weighted by molar-refractivity contribution is 7.54. The molecule has 0 saturated heterocycles. The molecule has 0 aliphatic carbocycles. The van der Waals surface area contributed by atoms with Crippen molar-refractivity contribution < 1.29 is 18.1 Å². The summed E-state index contributed by atoms with van der Waals surface area (Å²) in [6, 6.07) is 1.75. The Kier molecular flexibility index (Phi) is 4.71. The van der Waals surface area contributed by atoms with Gasteiger partial charge in [0.25, 0.3) is 0 Å². The van der Waals surface area contributed by atoms with E-state index in [1.807, 2.05) is 6.92 Å². The summed E-state index contributed by atoms with van der Waals surface area (Å²) in [5.74, 6) is 0.530. The van der Waals surface area contributed by atoms with Crippen LogP contribution >= 0.6 is 7.60 Å². The van der Waals surface area contributed by atoms with E-state index in [9.17, 15) is 4.57 Å². The zero-order valence-corrected chi connectivity index (χ0v) is 11.0. The van der Waals surface area contributed by atoms with Crippen molar-refractivity contribution in [2.24, 2.45) is 0 Å². The Morgan fingerprint density at radius 1 is 1.44 bits per heavy atom. The quantitative estimate of drug-likeness (QED) is 0.721. The molecule has 92 valence electrons. The molecule has 0 aromatic carbocycles. The molecule has 0 fully saturated rings. The summed E-state index contributed by atoms with van der Waals surface area (Å²) in [6.07, 6.45) is 0. The first kappa shape index (κ1) is 13.4. The SMILES string of the molecule is CCOP(=O)(OCC)C(C)c1cc(C)no1. The lowest BCUT2D eigenvalue weighted by Gasteiger charge is -2.21. The Labute approximate surface area is 95.6 Å². The van der Waals surface area contributed by atoms with E-state index in [4.69, 9.17) is 13.6 Å². The van der Waals surface area contributed by atoms with Crippen molar-refractivity contribution in [1.82, 2.24) is 5.16 Å². The van der Waals surface area contributed by atoms with Gasteiger partial charge in [0.05, 0.1) is 18.9 Å². The van der Waals surface area contributed by atoms with Gasteiger partial charge in [0.1, 0.15) is 5.66 Å². The molecular weight excluding hydrogens is 229 g/mol. The van der Waals surface area contributed by atoms with E-state index in [2.05, 4.69) is 5.16 Å². The molecule has 0 bridgehead atoms. The summed E-state index contributed by atoms with van der Waals surface area (Å²) in [5, 5.41) is 3.76. The third kappa shape index (κ3) is 2.94. The normalized spacial score (nSPS) is 14.0. The lowest BCUT2D eigenvalue weighted by Crippen LogP contribution is -2.03. The standard InChI is InChI=1S/C10H18NO4P/c1-5-13-16(12,14-6-2)9(4)10-7-8(3)11-15-10/h7,9H,5-6H2,1-4H3. The number of hydrogen-bond donors (Lipinski definition) is 0. The molecule has 1 rings (SSSR count). The topological polar surface area (TPSA) is 61.6 Å². The van der Waals surface area contributed by atoms with Crippen LogP contribution in [0, 0.1) is 6.92 Å². The third-order valence-corrected chi connectivity index (χ3v) is 4.59. The lowest BCUT2D eigenvalue weighted by atomic mass is 10.3. The van der Waals surface area contributed by atoms with Crippen molar-refractivity contribution in [3.05, 3.63) is 17.5 Å². The van der Waals surface area contributed by atoms with E-state index in [-0.39, 0.29) is 0 Å². The monoisotopic (exact) mass is 247 g/mol. The molecule has 1 atom stereocenters. The van der Waals surface area contributed by atoms with Gasteiger partial charge in [0, 0.05) is 6.07 Å². The molecule has 0 radical (unpaired) electrons. The second kappa shape index (κ2) is 5.62. The molecule has 0 aliphatic rings. The second-order valence-corrected chi connectivity index (χ2v) is 5.79. The minimum absolute atomic E-state index is 0.342. The molecule has 1 aromatic heterocycles. The zero-order valence-electron chi connectivity index (χ0n) is 10.1. The van der Waals surface area contributed by atoms with Gasteiger partial charge >= 0.3 is 7.60 Å². The summed E-state index contributed by atoms with van der Waals surface area (Å²) in [7, 11) is -3.15. The Morgan fingerprint density at radius 2 is 2.00 bits per heavy atom. The molecule has 0 saturated carbocycles. The third-order valence-electron chi connectivity index (χ3n) is 2.15. The highest BCUT2D eigenvalue weighted by Crippen LogP contribution is 2.60. The molecule has 1 aromatic rings. The van der Waals surface area contributed by atoms with Gasteiger partial charge in [0.15, 0.2) is 5.76 Å². The Bertz CT molecular complexity index is 367. The molecule has 5 nitrogen and oxygen atoms in total. The van der Waals surface area contributed by atoms with Gasteiger partial charge in [-0.3, -0.25) is 4.57 Å². The van der Waals surface area contributed by atoms with Gasteiger partial charge in [0.2, 0.25) is 0 Å². The van der Waals surface area contributed by atoms with Crippen LogP contribution in [0.25, 0.3) is 0 Å². The number of aryl methyl sites for hydroxylation is 1. The highest BCUT2D eigenvalue weighted by atomic mass is 31.2. The van der Waals surface area contributed by atoms with Crippen LogP contribution in [0.4, 0.5) is 0 Å². The van der Waals surface area contributed by atoms with Crippen LogP contribution in [0.5, 0.6) is 0 Å². The van der Waals surface area contributed by atoms with Gasteiger partial charge in [-0.2, -0.15) is 0 Å². The maximum Gasteiger partial charge on any atom is 0.341 e. The van der Waals surface area contributed by atoms with E-state index >= 15 is 0 Å². The molecule has 0 spiro atoms. The molecule has 6 heteroatoms. The van der Waals surface area contributed by atoms with Crippen LogP contribution in [0.3, 0.4) is 0 Å². The minimum atomic E-state index is -3.15. The number of nitrogens with zero attached hydrogens (tertiary/aromatic N) is 1. The maximum absolute atomic E-state index is 12.4. The van der Waals surface area contributed by atoms with Crippen LogP contribution in [0.2, 0.25) is 0 Å². The van der Waals surface area contributed by atoms with Crippen molar-refractivity contribution in [3.63, 3.8) is 0 Å². The molecule has 0 N–H and O–H groups in total. The molecule has 0 amide bonds. The molecule has 1 heterocycles.